The average molecular weight is 341 g/mol. The lowest BCUT2D eigenvalue weighted by Gasteiger charge is -2.18. The summed E-state index contributed by atoms with van der Waals surface area (Å²) in [4.78, 5) is 19.2. The molecule has 2 aliphatic rings. The molecular weight excluding hydrogens is 318 g/mol. The molecule has 2 fully saturated rings. The van der Waals surface area contributed by atoms with Crippen molar-refractivity contribution in [1.82, 2.24) is 25.0 Å². The highest BCUT2D eigenvalue weighted by atomic mass is 16.5. The van der Waals surface area contributed by atoms with Crippen molar-refractivity contribution in [2.75, 3.05) is 19.7 Å². The third-order valence-corrected chi connectivity index (χ3v) is 5.06. The maximum Gasteiger partial charge on any atom is 0.226 e. The maximum atomic E-state index is 12.6. The minimum Gasteiger partial charge on any atom is -0.376 e. The summed E-state index contributed by atoms with van der Waals surface area (Å²) in [6.45, 7) is 3.61. The standard InChI is InChI=1S/C18H23N5O2/c1-22-8-13(6-21-22)9-23-10-15-16(12-25-17(15)11-23)18(24)20-7-14-4-2-3-5-19-14/h2-6,8,15-17H,7,9-12H2,1H3,(H,20,24)/t15-,16+,17-/m1/s1. The lowest BCUT2D eigenvalue weighted by molar-refractivity contribution is -0.126. The molecule has 0 aliphatic carbocycles. The molecule has 1 amide bonds. The molecule has 3 atom stereocenters. The van der Waals surface area contributed by atoms with E-state index in [1.807, 2.05) is 42.3 Å². The average Bonchev–Trinajstić information content (AvgIpc) is 3.30. The number of hydrogen-bond donors (Lipinski definition) is 1. The smallest absolute Gasteiger partial charge is 0.226 e. The summed E-state index contributed by atoms with van der Waals surface area (Å²) in [6.07, 6.45) is 5.82. The van der Waals surface area contributed by atoms with Gasteiger partial charge in [-0.25, -0.2) is 0 Å². The Kier molecular flexibility index (Phi) is 4.50. The van der Waals surface area contributed by atoms with Gasteiger partial charge in [0.05, 0.1) is 37.1 Å². The first-order valence-electron chi connectivity index (χ1n) is 8.68. The minimum absolute atomic E-state index is 0.0707. The number of rotatable bonds is 5. The summed E-state index contributed by atoms with van der Waals surface area (Å²) in [5, 5.41) is 7.22. The molecular formula is C18H23N5O2. The number of fused-ring (bicyclic) bond motifs is 1. The Balaban J connectivity index is 1.32. The molecule has 2 aromatic heterocycles. The molecule has 2 aliphatic heterocycles. The largest absolute Gasteiger partial charge is 0.376 e. The van der Waals surface area contributed by atoms with Crippen molar-refractivity contribution in [3.63, 3.8) is 0 Å². The van der Waals surface area contributed by atoms with E-state index >= 15 is 0 Å². The van der Waals surface area contributed by atoms with E-state index in [0.717, 1.165) is 25.3 Å². The van der Waals surface area contributed by atoms with Crippen LogP contribution in [0.25, 0.3) is 0 Å². The second-order valence-corrected chi connectivity index (χ2v) is 6.90. The highest BCUT2D eigenvalue weighted by Crippen LogP contribution is 2.34. The van der Waals surface area contributed by atoms with Gasteiger partial charge in [-0.3, -0.25) is 19.4 Å². The van der Waals surface area contributed by atoms with Crippen molar-refractivity contribution < 1.29 is 9.53 Å². The highest BCUT2D eigenvalue weighted by molar-refractivity contribution is 5.79. The van der Waals surface area contributed by atoms with E-state index in [1.54, 1.807) is 6.20 Å². The fourth-order valence-corrected chi connectivity index (χ4v) is 3.82. The van der Waals surface area contributed by atoms with Crippen LogP contribution in [0.3, 0.4) is 0 Å². The van der Waals surface area contributed by atoms with Gasteiger partial charge in [-0.15, -0.1) is 0 Å². The summed E-state index contributed by atoms with van der Waals surface area (Å²) >= 11 is 0. The number of hydrogen-bond acceptors (Lipinski definition) is 5. The SMILES string of the molecule is Cn1cc(CN2C[C@@H]3[C@@H](C(=O)NCc4ccccn4)CO[C@@H]3C2)cn1. The van der Waals surface area contributed by atoms with Gasteiger partial charge in [-0.1, -0.05) is 6.07 Å². The zero-order valence-corrected chi connectivity index (χ0v) is 14.3. The Bertz CT molecular complexity index is 732. The lowest BCUT2D eigenvalue weighted by atomic mass is 9.92. The molecule has 0 radical (unpaired) electrons. The molecule has 0 bridgehead atoms. The van der Waals surface area contributed by atoms with Crippen molar-refractivity contribution in [2.24, 2.45) is 18.9 Å². The molecule has 4 heterocycles. The van der Waals surface area contributed by atoms with Gasteiger partial charge in [0.25, 0.3) is 0 Å². The normalized spacial score (nSPS) is 25.9. The number of nitrogens with zero attached hydrogens (tertiary/aromatic N) is 4. The van der Waals surface area contributed by atoms with E-state index in [4.69, 9.17) is 4.74 Å². The second-order valence-electron chi connectivity index (χ2n) is 6.90. The second kappa shape index (κ2) is 6.93. The van der Waals surface area contributed by atoms with E-state index < -0.39 is 0 Å². The fourth-order valence-electron chi connectivity index (χ4n) is 3.82. The van der Waals surface area contributed by atoms with Crippen LogP contribution in [-0.4, -0.2) is 51.4 Å². The van der Waals surface area contributed by atoms with Crippen LogP contribution < -0.4 is 5.32 Å². The van der Waals surface area contributed by atoms with Crippen LogP contribution in [0.15, 0.2) is 36.8 Å². The first-order valence-corrected chi connectivity index (χ1v) is 8.68. The Morgan fingerprint density at radius 2 is 2.32 bits per heavy atom. The van der Waals surface area contributed by atoms with Crippen molar-refractivity contribution in [1.29, 1.82) is 0 Å². The number of nitrogens with one attached hydrogen (secondary N) is 1. The number of amides is 1. The third kappa shape index (κ3) is 3.57. The van der Waals surface area contributed by atoms with Gasteiger partial charge in [0.1, 0.15) is 0 Å². The van der Waals surface area contributed by atoms with Gasteiger partial charge < -0.3 is 10.1 Å². The van der Waals surface area contributed by atoms with Gasteiger partial charge in [-0.05, 0) is 12.1 Å². The van der Waals surface area contributed by atoms with E-state index in [9.17, 15) is 4.79 Å². The molecule has 2 saturated heterocycles. The van der Waals surface area contributed by atoms with E-state index in [-0.39, 0.29) is 23.8 Å². The summed E-state index contributed by atoms with van der Waals surface area (Å²) in [7, 11) is 1.92. The number of ether oxygens (including phenoxy) is 1. The quantitative estimate of drug-likeness (QED) is 0.861. The Labute approximate surface area is 147 Å². The third-order valence-electron chi connectivity index (χ3n) is 5.06. The van der Waals surface area contributed by atoms with Gasteiger partial charge >= 0.3 is 0 Å². The van der Waals surface area contributed by atoms with E-state index in [0.29, 0.717) is 13.2 Å². The van der Waals surface area contributed by atoms with Crippen LogP contribution in [0.2, 0.25) is 0 Å². The summed E-state index contributed by atoms with van der Waals surface area (Å²) in [5.41, 5.74) is 2.06. The van der Waals surface area contributed by atoms with E-state index in [1.165, 1.54) is 5.56 Å². The number of aryl methyl sites for hydroxylation is 1. The van der Waals surface area contributed by atoms with Crippen LogP contribution in [0.1, 0.15) is 11.3 Å². The van der Waals surface area contributed by atoms with Crippen LogP contribution in [0, 0.1) is 11.8 Å². The molecule has 1 N–H and O–H groups in total. The first kappa shape index (κ1) is 16.2. The summed E-state index contributed by atoms with van der Waals surface area (Å²) in [6, 6.07) is 5.71. The number of pyridine rings is 1. The molecule has 7 heteroatoms. The monoisotopic (exact) mass is 341 g/mol. The molecule has 0 aromatic carbocycles. The Morgan fingerprint density at radius 3 is 3.08 bits per heavy atom. The predicted octanol–water partition coefficient (Wildman–Crippen LogP) is 0.578. The Morgan fingerprint density at radius 1 is 1.40 bits per heavy atom. The minimum atomic E-state index is -0.0763. The summed E-state index contributed by atoms with van der Waals surface area (Å²) < 4.78 is 7.71. The number of likely N-dealkylation sites (tertiary alicyclic amines) is 1. The van der Waals surface area contributed by atoms with Crippen molar-refractivity contribution >= 4 is 5.91 Å². The zero-order valence-electron chi connectivity index (χ0n) is 14.3. The molecule has 4 rings (SSSR count). The van der Waals surface area contributed by atoms with Crippen LogP contribution in [-0.2, 0) is 29.7 Å². The van der Waals surface area contributed by atoms with Crippen LogP contribution in [0.4, 0.5) is 0 Å². The van der Waals surface area contributed by atoms with E-state index in [2.05, 4.69) is 20.3 Å². The molecule has 0 spiro atoms. The molecule has 0 saturated carbocycles. The van der Waals surface area contributed by atoms with Gasteiger partial charge in [-0.2, -0.15) is 5.10 Å². The van der Waals surface area contributed by atoms with Crippen molar-refractivity contribution in [3.05, 3.63) is 48.0 Å². The fraction of sp³-hybridized carbons (Fsp3) is 0.500. The predicted molar refractivity (Wildman–Crippen MR) is 91.3 cm³/mol. The van der Waals surface area contributed by atoms with Crippen molar-refractivity contribution in [3.8, 4) is 0 Å². The number of aromatic nitrogens is 3. The molecule has 25 heavy (non-hydrogen) atoms. The first-order chi connectivity index (χ1) is 12.2. The van der Waals surface area contributed by atoms with Crippen LogP contribution >= 0.6 is 0 Å². The molecule has 0 unspecified atom stereocenters. The zero-order chi connectivity index (χ0) is 17.2. The topological polar surface area (TPSA) is 72.3 Å². The van der Waals surface area contributed by atoms with Gasteiger partial charge in [0.2, 0.25) is 5.91 Å². The lowest BCUT2D eigenvalue weighted by Crippen LogP contribution is -2.36. The van der Waals surface area contributed by atoms with Crippen LogP contribution in [0.5, 0.6) is 0 Å². The molecule has 2 aromatic rings. The maximum absolute atomic E-state index is 12.6. The van der Waals surface area contributed by atoms with Gasteiger partial charge in [0, 0.05) is 50.6 Å². The van der Waals surface area contributed by atoms with Gasteiger partial charge in [0.15, 0.2) is 0 Å². The van der Waals surface area contributed by atoms with Crippen molar-refractivity contribution in [2.45, 2.75) is 19.2 Å². The Hall–Kier alpha value is -2.25. The number of carbonyl (C=O) groups is 1. The number of carbonyl (C=O) groups excluding carboxylic acids is 1. The molecule has 7 nitrogen and oxygen atoms in total. The molecule has 132 valence electrons. The summed E-state index contributed by atoms with van der Waals surface area (Å²) in [5.74, 6) is 0.259. The highest BCUT2D eigenvalue weighted by Gasteiger charge is 2.46.